The van der Waals surface area contributed by atoms with E-state index in [1.54, 1.807) is 7.11 Å². The molecule has 0 unspecified atom stereocenters. The minimum atomic E-state index is -0.0666. The second-order valence-corrected chi connectivity index (χ2v) is 10.4. The molecule has 5 heteroatoms. The Balaban J connectivity index is 1.29. The van der Waals surface area contributed by atoms with Gasteiger partial charge in [0.25, 0.3) is 5.91 Å². The number of benzene rings is 3. The quantitative estimate of drug-likeness (QED) is 0.358. The summed E-state index contributed by atoms with van der Waals surface area (Å²) in [5.41, 5.74) is 7.53. The number of carbonyl (C=O) groups excluding carboxylic acids is 1. The summed E-state index contributed by atoms with van der Waals surface area (Å²) < 4.78 is 11.6. The minimum absolute atomic E-state index is 0.0666. The van der Waals surface area contributed by atoms with Crippen molar-refractivity contribution in [2.75, 3.05) is 38.7 Å². The molecule has 1 N–H and O–H groups in total. The highest BCUT2D eigenvalue weighted by Gasteiger charge is 2.17. The van der Waals surface area contributed by atoms with Crippen LogP contribution in [-0.4, -0.2) is 44.2 Å². The lowest BCUT2D eigenvalue weighted by Crippen LogP contribution is -2.33. The van der Waals surface area contributed by atoms with Crippen molar-refractivity contribution >= 4 is 17.7 Å². The predicted octanol–water partition coefficient (Wildman–Crippen LogP) is 6.89. The molecular weight excluding hydrogens is 472 g/mol. The fraction of sp³-hybridized carbons (Fsp3) is 0.364. The van der Waals surface area contributed by atoms with Crippen molar-refractivity contribution in [1.29, 1.82) is 0 Å². The first-order chi connectivity index (χ1) is 18.6. The first-order valence-electron chi connectivity index (χ1n) is 13.8. The zero-order chi connectivity index (χ0) is 26.3. The first kappa shape index (κ1) is 26.1. The molecule has 2 aliphatic rings. The largest absolute Gasteiger partial charge is 0.493 e. The molecule has 198 valence electrons. The molecule has 1 heterocycles. The van der Waals surface area contributed by atoms with E-state index < -0.39 is 0 Å². The van der Waals surface area contributed by atoms with E-state index in [0.29, 0.717) is 23.8 Å². The Morgan fingerprint density at radius 2 is 1.66 bits per heavy atom. The van der Waals surface area contributed by atoms with Crippen LogP contribution in [-0.2, 0) is 11.2 Å². The third kappa shape index (κ3) is 6.46. The van der Waals surface area contributed by atoms with Crippen LogP contribution in [0.2, 0.25) is 0 Å². The summed E-state index contributed by atoms with van der Waals surface area (Å²) in [6.45, 7) is 5.88. The Morgan fingerprint density at radius 3 is 2.45 bits per heavy atom. The van der Waals surface area contributed by atoms with E-state index in [-0.39, 0.29) is 5.91 Å². The molecule has 3 aromatic carbocycles. The number of aryl methyl sites for hydroxylation is 2. The Labute approximate surface area is 226 Å². The molecule has 0 radical (unpaired) electrons. The maximum absolute atomic E-state index is 13.4. The number of anilines is 1. The number of amides is 1. The van der Waals surface area contributed by atoms with E-state index >= 15 is 0 Å². The molecule has 0 aromatic heterocycles. The number of hydrogen-bond donors (Lipinski definition) is 1. The van der Waals surface area contributed by atoms with E-state index in [9.17, 15) is 4.79 Å². The molecule has 38 heavy (non-hydrogen) atoms. The van der Waals surface area contributed by atoms with Gasteiger partial charge < -0.3 is 14.8 Å². The van der Waals surface area contributed by atoms with Crippen molar-refractivity contribution in [2.45, 2.75) is 45.4 Å². The Morgan fingerprint density at radius 1 is 0.868 bits per heavy atom. The van der Waals surface area contributed by atoms with Crippen molar-refractivity contribution in [2.24, 2.45) is 0 Å². The minimum Gasteiger partial charge on any atom is -0.493 e. The van der Waals surface area contributed by atoms with Crippen molar-refractivity contribution in [3.05, 3.63) is 82.9 Å². The molecule has 1 aliphatic carbocycles. The van der Waals surface area contributed by atoms with Gasteiger partial charge in [0.1, 0.15) is 6.61 Å². The van der Waals surface area contributed by atoms with Crippen LogP contribution in [0.4, 0.5) is 5.69 Å². The fourth-order valence-corrected chi connectivity index (χ4v) is 5.34. The van der Waals surface area contributed by atoms with Gasteiger partial charge in [-0.15, -0.1) is 0 Å². The molecule has 1 aliphatic heterocycles. The summed E-state index contributed by atoms with van der Waals surface area (Å²) in [7, 11) is 1.64. The van der Waals surface area contributed by atoms with Crippen molar-refractivity contribution < 1.29 is 14.3 Å². The third-order valence-corrected chi connectivity index (χ3v) is 7.58. The normalized spacial score (nSPS) is 15.7. The molecule has 1 saturated heterocycles. The standard InChI is InChI=1S/C33H38N2O3/c1-24-9-11-26(12-10-24)27-14-13-25-7-6-8-28(22-29(25)21-27)33(36)34-30-15-16-31(37-2)32(23-30)38-20-19-35-17-4-3-5-18-35/h9-16,21-23H,3-8,17-20H2,1-2H3,(H,34,36). The highest BCUT2D eigenvalue weighted by atomic mass is 16.5. The number of piperidine rings is 1. The zero-order valence-corrected chi connectivity index (χ0v) is 22.6. The average molecular weight is 511 g/mol. The monoisotopic (exact) mass is 510 g/mol. The molecule has 0 atom stereocenters. The number of fused-ring (bicyclic) bond motifs is 1. The van der Waals surface area contributed by atoms with E-state index in [1.807, 2.05) is 18.2 Å². The summed E-state index contributed by atoms with van der Waals surface area (Å²) in [4.78, 5) is 15.8. The summed E-state index contributed by atoms with van der Waals surface area (Å²) in [5, 5.41) is 3.10. The van der Waals surface area contributed by atoms with Crippen LogP contribution >= 0.6 is 0 Å². The number of nitrogens with one attached hydrogen (secondary N) is 1. The Bertz CT molecular complexity index is 1290. The number of likely N-dealkylation sites (tertiary alicyclic amines) is 1. The van der Waals surface area contributed by atoms with Gasteiger partial charge in [-0.25, -0.2) is 0 Å². The molecule has 5 rings (SSSR count). The Hall–Kier alpha value is -3.57. The highest BCUT2D eigenvalue weighted by Crippen LogP contribution is 2.32. The van der Waals surface area contributed by atoms with E-state index in [2.05, 4.69) is 65.7 Å². The van der Waals surface area contributed by atoms with Crippen molar-refractivity contribution in [3.63, 3.8) is 0 Å². The zero-order valence-electron chi connectivity index (χ0n) is 22.6. The lowest BCUT2D eigenvalue weighted by molar-refractivity contribution is -0.112. The summed E-state index contributed by atoms with van der Waals surface area (Å²) in [6.07, 6.45) is 8.57. The van der Waals surface area contributed by atoms with E-state index in [0.717, 1.165) is 50.0 Å². The highest BCUT2D eigenvalue weighted by molar-refractivity contribution is 6.07. The van der Waals surface area contributed by atoms with Gasteiger partial charge in [-0.3, -0.25) is 9.69 Å². The second-order valence-electron chi connectivity index (χ2n) is 10.4. The molecule has 1 amide bonds. The molecule has 3 aromatic rings. The molecule has 0 spiro atoms. The van der Waals surface area contributed by atoms with Crippen molar-refractivity contribution in [3.8, 4) is 22.6 Å². The average Bonchev–Trinajstić information content (AvgIpc) is 3.16. The van der Waals surface area contributed by atoms with Crippen LogP contribution in [0.25, 0.3) is 17.2 Å². The van der Waals surface area contributed by atoms with Gasteiger partial charge in [0, 0.05) is 23.9 Å². The number of carbonyl (C=O) groups is 1. The lowest BCUT2D eigenvalue weighted by atomic mass is 9.97. The Kier molecular flexibility index (Phi) is 8.44. The number of rotatable bonds is 8. The number of nitrogens with zero attached hydrogens (tertiary/aromatic N) is 1. The molecule has 0 bridgehead atoms. The van der Waals surface area contributed by atoms with E-state index in [4.69, 9.17) is 9.47 Å². The fourth-order valence-electron chi connectivity index (χ4n) is 5.34. The van der Waals surface area contributed by atoms with Crippen LogP contribution < -0.4 is 14.8 Å². The predicted molar refractivity (Wildman–Crippen MR) is 155 cm³/mol. The lowest BCUT2D eigenvalue weighted by Gasteiger charge is -2.26. The molecule has 5 nitrogen and oxygen atoms in total. The van der Waals surface area contributed by atoms with E-state index in [1.165, 1.54) is 41.5 Å². The second kappa shape index (κ2) is 12.3. The summed E-state index contributed by atoms with van der Waals surface area (Å²) >= 11 is 0. The van der Waals surface area contributed by atoms with Gasteiger partial charge in [-0.05, 0) is 98.6 Å². The van der Waals surface area contributed by atoms with Crippen LogP contribution in [0.3, 0.4) is 0 Å². The topological polar surface area (TPSA) is 50.8 Å². The van der Waals surface area contributed by atoms with Gasteiger partial charge in [-0.2, -0.15) is 0 Å². The molecule has 0 saturated carbocycles. The maximum atomic E-state index is 13.4. The number of methoxy groups -OCH3 is 1. The van der Waals surface area contributed by atoms with Gasteiger partial charge in [-0.1, -0.05) is 48.4 Å². The van der Waals surface area contributed by atoms with Crippen LogP contribution in [0.15, 0.2) is 66.2 Å². The summed E-state index contributed by atoms with van der Waals surface area (Å²) in [6, 6.07) is 20.8. The van der Waals surface area contributed by atoms with Gasteiger partial charge in [0.05, 0.1) is 7.11 Å². The van der Waals surface area contributed by atoms with Crippen molar-refractivity contribution in [1.82, 2.24) is 4.90 Å². The van der Waals surface area contributed by atoms with Gasteiger partial charge in [0.15, 0.2) is 11.5 Å². The molecule has 1 fully saturated rings. The van der Waals surface area contributed by atoms with Gasteiger partial charge >= 0.3 is 0 Å². The number of ether oxygens (including phenoxy) is 2. The smallest absolute Gasteiger partial charge is 0.251 e. The molecular formula is C33H38N2O3. The third-order valence-electron chi connectivity index (χ3n) is 7.58. The number of hydrogen-bond acceptors (Lipinski definition) is 4. The van der Waals surface area contributed by atoms with Gasteiger partial charge in [0.2, 0.25) is 0 Å². The van der Waals surface area contributed by atoms with Crippen LogP contribution in [0.1, 0.15) is 48.8 Å². The van der Waals surface area contributed by atoms with Crippen LogP contribution in [0.5, 0.6) is 11.5 Å². The SMILES string of the molecule is COc1ccc(NC(=O)C2=Cc3cc(-c4ccc(C)cc4)ccc3CCC2)cc1OCCN1CCCCC1. The summed E-state index contributed by atoms with van der Waals surface area (Å²) in [5.74, 6) is 1.26. The first-order valence-corrected chi connectivity index (χ1v) is 13.8. The maximum Gasteiger partial charge on any atom is 0.251 e. The van der Waals surface area contributed by atoms with Crippen LogP contribution in [0, 0.1) is 6.92 Å².